The van der Waals surface area contributed by atoms with Gasteiger partial charge in [0.2, 0.25) is 5.95 Å². The first-order valence-corrected chi connectivity index (χ1v) is 8.59. The first kappa shape index (κ1) is 14.8. The Morgan fingerprint density at radius 3 is 2.76 bits per heavy atom. The lowest BCUT2D eigenvalue weighted by atomic mass is 9.96. The van der Waals surface area contributed by atoms with Gasteiger partial charge in [0.1, 0.15) is 0 Å². The van der Waals surface area contributed by atoms with Crippen LogP contribution < -0.4 is 10.2 Å². The molecule has 1 saturated heterocycles. The van der Waals surface area contributed by atoms with Gasteiger partial charge in [-0.05, 0) is 45.1 Å². The van der Waals surface area contributed by atoms with E-state index in [-0.39, 0.29) is 0 Å². The molecule has 1 aliphatic carbocycles. The summed E-state index contributed by atoms with van der Waals surface area (Å²) >= 11 is 0. The van der Waals surface area contributed by atoms with E-state index in [0.717, 1.165) is 37.2 Å². The van der Waals surface area contributed by atoms with Crippen molar-refractivity contribution >= 4 is 5.95 Å². The molecule has 1 aliphatic heterocycles. The molecule has 1 aromatic heterocycles. The summed E-state index contributed by atoms with van der Waals surface area (Å²) in [5.74, 6) is 1.83. The Morgan fingerprint density at radius 2 is 2.05 bits per heavy atom. The van der Waals surface area contributed by atoms with E-state index >= 15 is 0 Å². The smallest absolute Gasteiger partial charge is 0.225 e. The van der Waals surface area contributed by atoms with Gasteiger partial charge in [0.05, 0.1) is 0 Å². The Morgan fingerprint density at radius 1 is 1.24 bits per heavy atom. The van der Waals surface area contributed by atoms with Crippen LogP contribution in [-0.4, -0.2) is 29.1 Å². The quantitative estimate of drug-likeness (QED) is 0.904. The zero-order chi connectivity index (χ0) is 14.7. The van der Waals surface area contributed by atoms with E-state index in [1.165, 1.54) is 44.1 Å². The fraction of sp³-hybridized carbons (Fsp3) is 0.765. The van der Waals surface area contributed by atoms with Crippen molar-refractivity contribution in [2.24, 2.45) is 5.92 Å². The van der Waals surface area contributed by atoms with E-state index in [9.17, 15) is 0 Å². The lowest BCUT2D eigenvalue weighted by molar-refractivity contribution is 0.427. The highest BCUT2D eigenvalue weighted by Crippen LogP contribution is 2.36. The van der Waals surface area contributed by atoms with Gasteiger partial charge in [0.15, 0.2) is 0 Å². The predicted octanol–water partition coefficient (Wildman–Crippen LogP) is 3.05. The molecule has 3 rings (SSSR count). The third kappa shape index (κ3) is 3.20. The molecule has 21 heavy (non-hydrogen) atoms. The van der Waals surface area contributed by atoms with Crippen LogP contribution in [0.3, 0.4) is 0 Å². The Balaban J connectivity index is 1.74. The maximum atomic E-state index is 4.80. The Kier molecular flexibility index (Phi) is 4.73. The second-order valence-corrected chi connectivity index (χ2v) is 6.51. The number of aromatic nitrogens is 2. The summed E-state index contributed by atoms with van der Waals surface area (Å²) in [7, 11) is 0. The van der Waals surface area contributed by atoms with E-state index in [1.807, 2.05) is 6.20 Å². The van der Waals surface area contributed by atoms with Crippen molar-refractivity contribution in [3.63, 3.8) is 0 Å². The van der Waals surface area contributed by atoms with E-state index < -0.39 is 0 Å². The van der Waals surface area contributed by atoms with Gasteiger partial charge in [-0.25, -0.2) is 9.97 Å². The van der Waals surface area contributed by atoms with E-state index in [4.69, 9.17) is 4.98 Å². The summed E-state index contributed by atoms with van der Waals surface area (Å²) < 4.78 is 0. The maximum absolute atomic E-state index is 4.80. The molecule has 4 heteroatoms. The van der Waals surface area contributed by atoms with Gasteiger partial charge >= 0.3 is 0 Å². The number of nitrogens with zero attached hydrogens (tertiary/aromatic N) is 3. The molecular formula is C17H28N4. The van der Waals surface area contributed by atoms with Crippen LogP contribution in [0, 0.1) is 12.8 Å². The zero-order valence-electron chi connectivity index (χ0n) is 13.4. The van der Waals surface area contributed by atoms with E-state index in [1.54, 1.807) is 0 Å². The predicted molar refractivity (Wildman–Crippen MR) is 86.5 cm³/mol. The van der Waals surface area contributed by atoms with Gasteiger partial charge in [-0.1, -0.05) is 19.8 Å². The molecule has 0 radical (unpaired) electrons. The highest BCUT2D eigenvalue weighted by molar-refractivity contribution is 5.36. The molecule has 2 fully saturated rings. The highest BCUT2D eigenvalue weighted by Gasteiger charge is 2.34. The Bertz CT molecular complexity index is 468. The summed E-state index contributed by atoms with van der Waals surface area (Å²) in [6.07, 6.45) is 10.3. The molecule has 1 unspecified atom stereocenters. The average Bonchev–Trinajstić information content (AvgIpc) is 3.16. The third-order valence-electron chi connectivity index (χ3n) is 5.13. The minimum atomic E-state index is 0.687. The molecule has 0 amide bonds. The molecule has 0 aromatic carbocycles. The van der Waals surface area contributed by atoms with Crippen molar-refractivity contribution in [3.8, 4) is 0 Å². The Hall–Kier alpha value is -1.16. The summed E-state index contributed by atoms with van der Waals surface area (Å²) in [5, 5.41) is 3.35. The van der Waals surface area contributed by atoms with Crippen LogP contribution in [0.15, 0.2) is 6.20 Å². The van der Waals surface area contributed by atoms with Crippen molar-refractivity contribution in [2.75, 3.05) is 18.0 Å². The molecule has 2 aliphatic rings. The largest absolute Gasteiger partial charge is 0.338 e. The lowest BCUT2D eigenvalue weighted by Crippen LogP contribution is -2.36. The van der Waals surface area contributed by atoms with Crippen molar-refractivity contribution in [1.82, 2.24) is 15.3 Å². The summed E-state index contributed by atoms with van der Waals surface area (Å²) in [6.45, 7) is 7.22. The molecule has 1 aromatic rings. The monoisotopic (exact) mass is 288 g/mol. The number of anilines is 1. The molecule has 0 bridgehead atoms. The van der Waals surface area contributed by atoms with Crippen molar-refractivity contribution in [3.05, 3.63) is 17.5 Å². The second-order valence-electron chi connectivity index (χ2n) is 6.51. The first-order chi connectivity index (χ1) is 10.3. The zero-order valence-corrected chi connectivity index (χ0v) is 13.4. The van der Waals surface area contributed by atoms with E-state index in [2.05, 4.69) is 29.0 Å². The number of aryl methyl sites for hydroxylation is 1. The summed E-state index contributed by atoms with van der Waals surface area (Å²) in [4.78, 5) is 12.0. The fourth-order valence-corrected chi connectivity index (χ4v) is 3.92. The van der Waals surface area contributed by atoms with Crippen LogP contribution in [0.2, 0.25) is 0 Å². The topological polar surface area (TPSA) is 41.1 Å². The van der Waals surface area contributed by atoms with Crippen molar-refractivity contribution in [2.45, 2.75) is 65.0 Å². The van der Waals surface area contributed by atoms with Gasteiger partial charge in [-0.3, -0.25) is 0 Å². The van der Waals surface area contributed by atoms with Gasteiger partial charge in [0, 0.05) is 36.6 Å². The third-order valence-corrected chi connectivity index (χ3v) is 5.13. The number of rotatable bonds is 5. The molecule has 2 heterocycles. The van der Waals surface area contributed by atoms with Crippen LogP contribution in [0.4, 0.5) is 5.95 Å². The SMILES string of the molecule is CCNCc1cnc(N2CCCC2C2CCCC2)nc1C. The van der Waals surface area contributed by atoms with Crippen LogP contribution in [-0.2, 0) is 6.54 Å². The second kappa shape index (κ2) is 6.73. The summed E-state index contributed by atoms with van der Waals surface area (Å²) in [5.41, 5.74) is 2.34. The minimum absolute atomic E-state index is 0.687. The molecule has 1 N–H and O–H groups in total. The minimum Gasteiger partial charge on any atom is -0.338 e. The molecule has 1 saturated carbocycles. The lowest BCUT2D eigenvalue weighted by Gasteiger charge is -2.29. The number of nitrogens with one attached hydrogen (secondary N) is 1. The summed E-state index contributed by atoms with van der Waals surface area (Å²) in [6, 6.07) is 0.687. The highest BCUT2D eigenvalue weighted by atomic mass is 15.3. The van der Waals surface area contributed by atoms with Gasteiger partial charge in [0.25, 0.3) is 0 Å². The van der Waals surface area contributed by atoms with Crippen molar-refractivity contribution < 1.29 is 0 Å². The molecule has 1 atom stereocenters. The average molecular weight is 288 g/mol. The normalized spacial score (nSPS) is 23.1. The molecular weight excluding hydrogens is 260 g/mol. The van der Waals surface area contributed by atoms with Crippen LogP contribution in [0.25, 0.3) is 0 Å². The van der Waals surface area contributed by atoms with Crippen LogP contribution in [0.5, 0.6) is 0 Å². The standard InChI is InChI=1S/C17H28N4/c1-3-18-11-15-12-19-17(20-13(15)2)21-10-6-9-16(21)14-7-4-5-8-14/h12,14,16,18H,3-11H2,1-2H3. The molecule has 4 nitrogen and oxygen atoms in total. The van der Waals surface area contributed by atoms with Gasteiger partial charge < -0.3 is 10.2 Å². The van der Waals surface area contributed by atoms with Crippen LogP contribution in [0.1, 0.15) is 56.7 Å². The van der Waals surface area contributed by atoms with Crippen LogP contribution >= 0.6 is 0 Å². The van der Waals surface area contributed by atoms with Gasteiger partial charge in [-0.15, -0.1) is 0 Å². The fourth-order valence-electron chi connectivity index (χ4n) is 3.92. The molecule has 116 valence electrons. The Labute approximate surface area is 128 Å². The van der Waals surface area contributed by atoms with E-state index in [0.29, 0.717) is 6.04 Å². The van der Waals surface area contributed by atoms with Crippen molar-refractivity contribution in [1.29, 1.82) is 0 Å². The first-order valence-electron chi connectivity index (χ1n) is 8.59. The number of hydrogen-bond donors (Lipinski definition) is 1. The molecule has 0 spiro atoms. The number of hydrogen-bond acceptors (Lipinski definition) is 4. The van der Waals surface area contributed by atoms with Gasteiger partial charge in [-0.2, -0.15) is 0 Å². The maximum Gasteiger partial charge on any atom is 0.225 e.